The van der Waals surface area contributed by atoms with Crippen LogP contribution in [0.15, 0.2) is 47.5 Å². The Hall–Kier alpha value is -2.68. The van der Waals surface area contributed by atoms with E-state index in [1.165, 1.54) is 29.8 Å². The van der Waals surface area contributed by atoms with Gasteiger partial charge in [-0.1, -0.05) is 41.1 Å². The van der Waals surface area contributed by atoms with Crippen LogP contribution in [-0.4, -0.2) is 30.2 Å². The third kappa shape index (κ3) is 3.86. The standard InChI is InChI=1S/C21H17ClN2O4S2/c1-3-28-12-8-9-14-16(10-12)30-21(24(14)11-17(25)27-2)23-20(26)19-18(22)13-6-4-5-7-15(13)29-19/h4-10H,3,11H2,1-2H3. The van der Waals surface area contributed by atoms with E-state index < -0.39 is 11.9 Å². The number of hydrogen-bond acceptors (Lipinski definition) is 6. The third-order valence-electron chi connectivity index (χ3n) is 4.41. The molecule has 4 aromatic rings. The first-order valence-corrected chi connectivity index (χ1v) is 11.1. The number of carbonyl (C=O) groups is 2. The Balaban J connectivity index is 1.85. The van der Waals surface area contributed by atoms with E-state index in [-0.39, 0.29) is 6.54 Å². The molecular weight excluding hydrogens is 444 g/mol. The Morgan fingerprint density at radius 1 is 1.13 bits per heavy atom. The van der Waals surface area contributed by atoms with Crippen LogP contribution in [-0.2, 0) is 16.1 Å². The number of ether oxygens (including phenoxy) is 2. The summed E-state index contributed by atoms with van der Waals surface area (Å²) in [5.41, 5.74) is 0.767. The van der Waals surface area contributed by atoms with Crippen molar-refractivity contribution in [2.75, 3.05) is 13.7 Å². The van der Waals surface area contributed by atoms with Gasteiger partial charge in [0.1, 0.15) is 17.2 Å². The van der Waals surface area contributed by atoms with Crippen molar-refractivity contribution in [2.45, 2.75) is 13.5 Å². The van der Waals surface area contributed by atoms with Crippen LogP contribution in [0.4, 0.5) is 0 Å². The van der Waals surface area contributed by atoms with Crippen molar-refractivity contribution < 1.29 is 19.1 Å². The van der Waals surface area contributed by atoms with E-state index >= 15 is 0 Å². The van der Waals surface area contributed by atoms with Crippen molar-refractivity contribution in [3.05, 3.63) is 57.2 Å². The molecule has 6 nitrogen and oxygen atoms in total. The molecule has 0 saturated heterocycles. The second-order valence-corrected chi connectivity index (χ2v) is 8.71. The van der Waals surface area contributed by atoms with E-state index in [0.717, 1.165) is 20.3 Å². The van der Waals surface area contributed by atoms with E-state index in [4.69, 9.17) is 21.1 Å². The van der Waals surface area contributed by atoms with E-state index in [1.807, 2.05) is 49.4 Å². The zero-order valence-electron chi connectivity index (χ0n) is 16.2. The first kappa shape index (κ1) is 20.6. The minimum atomic E-state index is -0.448. The van der Waals surface area contributed by atoms with Crippen LogP contribution in [0.2, 0.25) is 5.02 Å². The molecular formula is C21H17ClN2O4S2. The van der Waals surface area contributed by atoms with Crippen LogP contribution in [0.25, 0.3) is 20.3 Å². The van der Waals surface area contributed by atoms with Gasteiger partial charge in [0.2, 0.25) is 0 Å². The number of aromatic nitrogens is 1. The van der Waals surface area contributed by atoms with Crippen molar-refractivity contribution in [3.8, 4) is 5.75 Å². The van der Waals surface area contributed by atoms with Crippen LogP contribution < -0.4 is 9.54 Å². The summed E-state index contributed by atoms with van der Waals surface area (Å²) in [5, 5.41) is 1.21. The minimum absolute atomic E-state index is 0.0588. The Morgan fingerprint density at radius 2 is 1.93 bits per heavy atom. The number of carbonyl (C=O) groups excluding carboxylic acids is 2. The van der Waals surface area contributed by atoms with E-state index in [2.05, 4.69) is 4.99 Å². The average Bonchev–Trinajstić information content (AvgIpc) is 3.25. The fraction of sp³-hybridized carbons (Fsp3) is 0.190. The summed E-state index contributed by atoms with van der Waals surface area (Å²) in [7, 11) is 1.32. The van der Waals surface area contributed by atoms with Gasteiger partial charge in [-0.15, -0.1) is 11.3 Å². The normalized spacial score (nSPS) is 11.9. The molecule has 0 fully saturated rings. The number of hydrogen-bond donors (Lipinski definition) is 0. The number of fused-ring (bicyclic) bond motifs is 2. The maximum atomic E-state index is 13.0. The summed E-state index contributed by atoms with van der Waals surface area (Å²) in [6, 6.07) is 13.1. The number of rotatable bonds is 5. The third-order valence-corrected chi connectivity index (χ3v) is 7.11. The monoisotopic (exact) mass is 460 g/mol. The summed E-state index contributed by atoms with van der Waals surface area (Å²) in [5.74, 6) is -0.171. The van der Waals surface area contributed by atoms with Gasteiger partial charge in [0.05, 0.1) is 29.0 Å². The van der Waals surface area contributed by atoms with Crippen LogP contribution in [0.5, 0.6) is 5.75 Å². The number of methoxy groups -OCH3 is 1. The van der Waals surface area contributed by atoms with Gasteiger partial charge in [0.15, 0.2) is 4.80 Å². The van der Waals surface area contributed by atoms with Gasteiger partial charge >= 0.3 is 5.97 Å². The lowest BCUT2D eigenvalue weighted by molar-refractivity contribution is -0.141. The lowest BCUT2D eigenvalue weighted by Crippen LogP contribution is -2.22. The van der Waals surface area contributed by atoms with E-state index in [9.17, 15) is 9.59 Å². The van der Waals surface area contributed by atoms with Crippen LogP contribution in [0.1, 0.15) is 16.6 Å². The minimum Gasteiger partial charge on any atom is -0.494 e. The Labute approximate surface area is 185 Å². The molecule has 0 aliphatic heterocycles. The van der Waals surface area contributed by atoms with E-state index in [1.54, 1.807) is 4.57 Å². The Kier molecular flexibility index (Phi) is 5.90. The molecule has 154 valence electrons. The number of benzene rings is 2. The summed E-state index contributed by atoms with van der Waals surface area (Å²) in [6.07, 6.45) is 0. The molecule has 4 rings (SSSR count). The van der Waals surface area contributed by atoms with Gasteiger partial charge in [0, 0.05) is 10.1 Å². The smallest absolute Gasteiger partial charge is 0.325 e. The molecule has 0 aliphatic carbocycles. The molecule has 2 aromatic heterocycles. The van der Waals surface area contributed by atoms with Gasteiger partial charge in [-0.3, -0.25) is 9.59 Å². The highest BCUT2D eigenvalue weighted by molar-refractivity contribution is 7.21. The Morgan fingerprint density at radius 3 is 2.67 bits per heavy atom. The van der Waals surface area contributed by atoms with Gasteiger partial charge in [-0.05, 0) is 31.2 Å². The molecule has 0 bridgehead atoms. The molecule has 0 unspecified atom stereocenters. The molecule has 0 atom stereocenters. The fourth-order valence-electron chi connectivity index (χ4n) is 3.03. The second-order valence-electron chi connectivity index (χ2n) is 6.27. The first-order chi connectivity index (χ1) is 14.5. The SMILES string of the molecule is CCOc1ccc2c(c1)sc(=NC(=O)c1sc3ccccc3c1Cl)n2CC(=O)OC. The molecule has 0 N–H and O–H groups in total. The number of thiazole rings is 1. The highest BCUT2D eigenvalue weighted by Gasteiger charge is 2.18. The summed E-state index contributed by atoms with van der Waals surface area (Å²) >= 11 is 9.04. The second kappa shape index (κ2) is 8.59. The summed E-state index contributed by atoms with van der Waals surface area (Å²) < 4.78 is 13.8. The molecule has 0 saturated carbocycles. The fourth-order valence-corrected chi connectivity index (χ4v) is 5.48. The average molecular weight is 461 g/mol. The zero-order valence-corrected chi connectivity index (χ0v) is 18.6. The maximum absolute atomic E-state index is 13.0. The number of thiophene rings is 1. The molecule has 1 amide bonds. The zero-order chi connectivity index (χ0) is 21.3. The number of amides is 1. The molecule has 30 heavy (non-hydrogen) atoms. The molecule has 2 heterocycles. The van der Waals surface area contributed by atoms with Gasteiger partial charge < -0.3 is 14.0 Å². The number of nitrogens with zero attached hydrogens (tertiary/aromatic N) is 2. The van der Waals surface area contributed by atoms with Crippen molar-refractivity contribution in [2.24, 2.45) is 4.99 Å². The van der Waals surface area contributed by atoms with Gasteiger partial charge in [-0.2, -0.15) is 4.99 Å². The number of halogens is 1. The van der Waals surface area contributed by atoms with Crippen molar-refractivity contribution >= 4 is 66.5 Å². The van der Waals surface area contributed by atoms with Crippen LogP contribution >= 0.6 is 34.3 Å². The predicted molar refractivity (Wildman–Crippen MR) is 120 cm³/mol. The molecule has 9 heteroatoms. The lowest BCUT2D eigenvalue weighted by Gasteiger charge is -2.05. The summed E-state index contributed by atoms with van der Waals surface area (Å²) in [6.45, 7) is 2.39. The number of esters is 1. The van der Waals surface area contributed by atoms with Crippen LogP contribution in [0, 0.1) is 0 Å². The first-order valence-electron chi connectivity index (χ1n) is 9.11. The molecule has 0 aliphatic rings. The van der Waals surface area contributed by atoms with Gasteiger partial charge in [0.25, 0.3) is 5.91 Å². The highest BCUT2D eigenvalue weighted by atomic mass is 35.5. The lowest BCUT2D eigenvalue weighted by atomic mass is 10.2. The van der Waals surface area contributed by atoms with Gasteiger partial charge in [-0.25, -0.2) is 0 Å². The predicted octanol–water partition coefficient (Wildman–Crippen LogP) is 4.88. The van der Waals surface area contributed by atoms with Crippen molar-refractivity contribution in [1.29, 1.82) is 0 Å². The largest absolute Gasteiger partial charge is 0.494 e. The topological polar surface area (TPSA) is 69.9 Å². The van der Waals surface area contributed by atoms with Crippen molar-refractivity contribution in [3.63, 3.8) is 0 Å². The molecule has 2 aromatic carbocycles. The maximum Gasteiger partial charge on any atom is 0.325 e. The summed E-state index contributed by atoms with van der Waals surface area (Å²) in [4.78, 5) is 30.0. The highest BCUT2D eigenvalue weighted by Crippen LogP contribution is 2.35. The Bertz CT molecular complexity index is 1340. The van der Waals surface area contributed by atoms with Crippen molar-refractivity contribution in [1.82, 2.24) is 4.57 Å². The van der Waals surface area contributed by atoms with E-state index in [0.29, 0.717) is 27.1 Å². The molecule has 0 radical (unpaired) electrons. The van der Waals surface area contributed by atoms with Crippen LogP contribution in [0.3, 0.4) is 0 Å². The quantitative estimate of drug-likeness (QED) is 0.398. The molecule has 0 spiro atoms.